The highest BCUT2D eigenvalue weighted by atomic mass is 16.5. The zero-order valence-electron chi connectivity index (χ0n) is 7.83. The van der Waals surface area contributed by atoms with Crippen molar-refractivity contribution in [1.82, 2.24) is 0 Å². The number of allylic oxidation sites excluding steroid dienone is 1. The average Bonchev–Trinajstić information content (AvgIpc) is 2.16. The minimum atomic E-state index is 0.558. The van der Waals surface area contributed by atoms with E-state index >= 15 is 0 Å². The SMILES string of the molecule is C=C(C)c1ccc(OC)c(C=O)c1. The normalized spacial score (nSPS) is 9.38. The van der Waals surface area contributed by atoms with Crippen molar-refractivity contribution in [2.45, 2.75) is 6.92 Å². The molecule has 2 nitrogen and oxygen atoms in total. The summed E-state index contributed by atoms with van der Waals surface area (Å²) in [6.07, 6.45) is 0.783. The second kappa shape index (κ2) is 3.90. The molecule has 0 N–H and O–H groups in total. The van der Waals surface area contributed by atoms with Crippen molar-refractivity contribution < 1.29 is 9.53 Å². The fraction of sp³-hybridized carbons (Fsp3) is 0.182. The summed E-state index contributed by atoms with van der Waals surface area (Å²) in [5.41, 5.74) is 2.46. The third kappa shape index (κ3) is 1.96. The fourth-order valence-corrected chi connectivity index (χ4v) is 1.09. The minimum Gasteiger partial charge on any atom is -0.496 e. The lowest BCUT2D eigenvalue weighted by Crippen LogP contribution is -1.91. The molecular weight excluding hydrogens is 164 g/mol. The molecule has 0 aromatic heterocycles. The predicted octanol–water partition coefficient (Wildman–Crippen LogP) is 2.54. The van der Waals surface area contributed by atoms with Gasteiger partial charge in [-0.15, -0.1) is 0 Å². The van der Waals surface area contributed by atoms with Gasteiger partial charge < -0.3 is 4.74 Å². The Morgan fingerprint density at radius 2 is 2.23 bits per heavy atom. The maximum atomic E-state index is 10.7. The first-order chi connectivity index (χ1) is 6.19. The summed E-state index contributed by atoms with van der Waals surface area (Å²) in [4.78, 5) is 10.7. The van der Waals surface area contributed by atoms with Crippen molar-refractivity contribution in [3.63, 3.8) is 0 Å². The van der Waals surface area contributed by atoms with Crippen LogP contribution in [0, 0.1) is 0 Å². The zero-order chi connectivity index (χ0) is 9.84. The summed E-state index contributed by atoms with van der Waals surface area (Å²) in [5, 5.41) is 0. The van der Waals surface area contributed by atoms with E-state index in [4.69, 9.17) is 4.74 Å². The van der Waals surface area contributed by atoms with Crippen molar-refractivity contribution in [3.05, 3.63) is 35.9 Å². The van der Waals surface area contributed by atoms with Gasteiger partial charge in [0, 0.05) is 0 Å². The highest BCUT2D eigenvalue weighted by Gasteiger charge is 2.02. The van der Waals surface area contributed by atoms with E-state index in [2.05, 4.69) is 6.58 Å². The summed E-state index contributed by atoms with van der Waals surface area (Å²) >= 11 is 0. The number of ether oxygens (including phenoxy) is 1. The van der Waals surface area contributed by atoms with Gasteiger partial charge in [-0.25, -0.2) is 0 Å². The van der Waals surface area contributed by atoms with Gasteiger partial charge in [0.15, 0.2) is 6.29 Å². The highest BCUT2D eigenvalue weighted by Crippen LogP contribution is 2.21. The first-order valence-electron chi connectivity index (χ1n) is 3.98. The number of carbonyl (C=O) groups is 1. The molecule has 0 saturated heterocycles. The van der Waals surface area contributed by atoms with Crippen LogP contribution in [0.1, 0.15) is 22.8 Å². The predicted molar refractivity (Wildman–Crippen MR) is 53.1 cm³/mol. The van der Waals surface area contributed by atoms with E-state index in [9.17, 15) is 4.79 Å². The number of methoxy groups -OCH3 is 1. The van der Waals surface area contributed by atoms with E-state index in [1.807, 2.05) is 13.0 Å². The molecular formula is C11H12O2. The van der Waals surface area contributed by atoms with Gasteiger partial charge >= 0.3 is 0 Å². The summed E-state index contributed by atoms with van der Waals surface area (Å²) < 4.78 is 5.01. The molecule has 0 bridgehead atoms. The molecule has 0 unspecified atom stereocenters. The lowest BCUT2D eigenvalue weighted by molar-refractivity contribution is 0.112. The van der Waals surface area contributed by atoms with Crippen LogP contribution >= 0.6 is 0 Å². The molecule has 1 aromatic carbocycles. The molecule has 0 aliphatic heterocycles. The van der Waals surface area contributed by atoms with Gasteiger partial charge in [0.1, 0.15) is 5.75 Å². The molecule has 0 spiro atoms. The Morgan fingerprint density at radius 3 is 2.69 bits per heavy atom. The van der Waals surface area contributed by atoms with Crippen molar-refractivity contribution in [2.75, 3.05) is 7.11 Å². The van der Waals surface area contributed by atoms with Crippen molar-refractivity contribution in [3.8, 4) is 5.75 Å². The van der Waals surface area contributed by atoms with Gasteiger partial charge in [-0.1, -0.05) is 18.2 Å². The Labute approximate surface area is 77.8 Å². The molecule has 0 saturated carbocycles. The summed E-state index contributed by atoms with van der Waals surface area (Å²) in [6.45, 7) is 5.70. The van der Waals surface area contributed by atoms with Crippen LogP contribution < -0.4 is 4.74 Å². The molecule has 68 valence electrons. The second-order valence-electron chi connectivity index (χ2n) is 2.85. The van der Waals surface area contributed by atoms with Crippen molar-refractivity contribution >= 4 is 11.9 Å². The number of benzene rings is 1. The van der Waals surface area contributed by atoms with E-state index in [0.717, 1.165) is 17.4 Å². The Balaban J connectivity index is 3.20. The maximum absolute atomic E-state index is 10.7. The Morgan fingerprint density at radius 1 is 1.54 bits per heavy atom. The molecule has 0 radical (unpaired) electrons. The minimum absolute atomic E-state index is 0.558. The van der Waals surface area contributed by atoms with E-state index in [0.29, 0.717) is 11.3 Å². The van der Waals surface area contributed by atoms with Gasteiger partial charge in [0.05, 0.1) is 12.7 Å². The molecule has 0 fully saturated rings. The van der Waals surface area contributed by atoms with Crippen LogP contribution in [0.3, 0.4) is 0 Å². The zero-order valence-corrected chi connectivity index (χ0v) is 7.83. The molecule has 0 atom stereocenters. The fourth-order valence-electron chi connectivity index (χ4n) is 1.09. The largest absolute Gasteiger partial charge is 0.496 e. The average molecular weight is 176 g/mol. The highest BCUT2D eigenvalue weighted by molar-refractivity contribution is 5.81. The molecule has 0 heterocycles. The Bertz CT molecular complexity index is 340. The first kappa shape index (κ1) is 9.52. The number of carbonyl (C=O) groups excluding carboxylic acids is 1. The molecule has 0 aliphatic rings. The monoisotopic (exact) mass is 176 g/mol. The van der Waals surface area contributed by atoms with Crippen LogP contribution in [0.25, 0.3) is 5.57 Å². The molecule has 0 aliphatic carbocycles. The molecule has 1 aromatic rings. The van der Waals surface area contributed by atoms with E-state index in [1.54, 1.807) is 19.2 Å². The van der Waals surface area contributed by atoms with Gasteiger partial charge in [-0.05, 0) is 24.6 Å². The summed E-state index contributed by atoms with van der Waals surface area (Å²) in [7, 11) is 1.54. The van der Waals surface area contributed by atoms with Crippen LogP contribution in [0.4, 0.5) is 0 Å². The first-order valence-corrected chi connectivity index (χ1v) is 3.98. The molecule has 0 amide bonds. The third-order valence-electron chi connectivity index (χ3n) is 1.85. The number of aldehydes is 1. The van der Waals surface area contributed by atoms with Crippen LogP contribution in [0.15, 0.2) is 24.8 Å². The topological polar surface area (TPSA) is 26.3 Å². The quantitative estimate of drug-likeness (QED) is 0.661. The van der Waals surface area contributed by atoms with Gasteiger partial charge in [0.25, 0.3) is 0 Å². The van der Waals surface area contributed by atoms with Gasteiger partial charge in [-0.2, -0.15) is 0 Å². The molecule has 1 rings (SSSR count). The number of hydrogen-bond donors (Lipinski definition) is 0. The lowest BCUT2D eigenvalue weighted by atomic mass is 10.1. The van der Waals surface area contributed by atoms with Crippen molar-refractivity contribution in [2.24, 2.45) is 0 Å². The Kier molecular flexibility index (Phi) is 2.85. The maximum Gasteiger partial charge on any atom is 0.153 e. The van der Waals surface area contributed by atoms with Crippen LogP contribution in [-0.2, 0) is 0 Å². The van der Waals surface area contributed by atoms with E-state index in [-0.39, 0.29) is 0 Å². The van der Waals surface area contributed by atoms with Crippen molar-refractivity contribution in [1.29, 1.82) is 0 Å². The summed E-state index contributed by atoms with van der Waals surface area (Å²) in [6, 6.07) is 5.43. The lowest BCUT2D eigenvalue weighted by Gasteiger charge is -2.05. The third-order valence-corrected chi connectivity index (χ3v) is 1.85. The second-order valence-corrected chi connectivity index (χ2v) is 2.85. The summed E-state index contributed by atoms with van der Waals surface area (Å²) in [5.74, 6) is 0.597. The number of hydrogen-bond acceptors (Lipinski definition) is 2. The van der Waals surface area contributed by atoms with Crippen LogP contribution in [0.2, 0.25) is 0 Å². The van der Waals surface area contributed by atoms with Gasteiger partial charge in [-0.3, -0.25) is 4.79 Å². The van der Waals surface area contributed by atoms with Crippen LogP contribution in [0.5, 0.6) is 5.75 Å². The number of rotatable bonds is 3. The molecule has 13 heavy (non-hydrogen) atoms. The van der Waals surface area contributed by atoms with E-state index < -0.39 is 0 Å². The standard InChI is InChI=1S/C11H12O2/c1-8(2)9-4-5-11(13-3)10(6-9)7-12/h4-7H,1H2,2-3H3. The molecule has 2 heteroatoms. The van der Waals surface area contributed by atoms with Crippen LogP contribution in [-0.4, -0.2) is 13.4 Å². The smallest absolute Gasteiger partial charge is 0.153 e. The van der Waals surface area contributed by atoms with Gasteiger partial charge in [0.2, 0.25) is 0 Å². The Hall–Kier alpha value is -1.57. The van der Waals surface area contributed by atoms with E-state index in [1.165, 1.54) is 0 Å².